The maximum Gasteiger partial charge on any atom is 0.224 e. The van der Waals surface area contributed by atoms with Crippen molar-refractivity contribution in [2.24, 2.45) is 0 Å². The highest BCUT2D eigenvalue weighted by Gasteiger charge is 2.33. The standard InChI is InChI=1S/C36H37N5O5/c37-29-9-1-2-10-30(29)40-35(44)14-6-13-34(43)39-27-8-5-7-26(19-27)36-45-28(21-41-23-38-31-11-3-4-12-32(31)41)20-33(46-36)25-17-15-24(22-42)16-18-25/h1-5,7-12,15-19,23,28,33,36,42H,6,13-14,20-22,37H2,(H,39,43)(H,40,44)/t28-,33+,36+/m0/s1. The molecule has 4 aromatic carbocycles. The number of imidazole rings is 1. The Labute approximate surface area is 267 Å². The lowest BCUT2D eigenvalue weighted by Gasteiger charge is -2.36. The Morgan fingerprint density at radius 2 is 1.63 bits per heavy atom. The van der Waals surface area contributed by atoms with Gasteiger partial charge in [0.25, 0.3) is 0 Å². The molecule has 0 bridgehead atoms. The lowest BCUT2D eigenvalue weighted by molar-refractivity contribution is -0.252. The summed E-state index contributed by atoms with van der Waals surface area (Å²) in [7, 11) is 0. The molecule has 0 aliphatic carbocycles. The molecule has 0 spiro atoms. The quantitative estimate of drug-likeness (QED) is 0.131. The van der Waals surface area contributed by atoms with Crippen LogP contribution in [0.4, 0.5) is 17.1 Å². The van der Waals surface area contributed by atoms with Crippen LogP contribution in [0.2, 0.25) is 0 Å². The van der Waals surface area contributed by atoms with Crippen LogP contribution in [0.5, 0.6) is 0 Å². The third-order valence-electron chi connectivity index (χ3n) is 8.03. The number of anilines is 3. The average Bonchev–Trinajstić information content (AvgIpc) is 3.48. The van der Waals surface area contributed by atoms with E-state index in [0.29, 0.717) is 36.4 Å². The number of hydrogen-bond donors (Lipinski definition) is 4. The first-order valence-electron chi connectivity index (χ1n) is 15.4. The largest absolute Gasteiger partial charge is 0.397 e. The highest BCUT2D eigenvalue weighted by molar-refractivity contribution is 5.94. The number of rotatable bonds is 11. The van der Waals surface area contributed by atoms with E-state index in [2.05, 4.69) is 20.2 Å². The maximum absolute atomic E-state index is 12.8. The minimum absolute atomic E-state index is 0.0254. The number of hydrogen-bond acceptors (Lipinski definition) is 7. The highest BCUT2D eigenvalue weighted by atomic mass is 16.7. The first-order valence-corrected chi connectivity index (χ1v) is 15.4. The lowest BCUT2D eigenvalue weighted by atomic mass is 10.00. The monoisotopic (exact) mass is 619 g/mol. The number of nitrogens with zero attached hydrogens (tertiary/aromatic N) is 2. The molecule has 0 radical (unpaired) electrons. The Balaban J connectivity index is 1.11. The second-order valence-corrected chi connectivity index (χ2v) is 11.4. The van der Waals surface area contributed by atoms with Gasteiger partial charge in [-0.3, -0.25) is 9.59 Å². The van der Waals surface area contributed by atoms with Gasteiger partial charge in [0.15, 0.2) is 6.29 Å². The Kier molecular flexibility index (Phi) is 9.68. The van der Waals surface area contributed by atoms with Crippen LogP contribution in [-0.4, -0.2) is 32.6 Å². The summed E-state index contributed by atoms with van der Waals surface area (Å²) in [5.41, 5.74) is 12.1. The minimum atomic E-state index is -0.679. The number of aliphatic hydroxyl groups is 1. The number of carbonyl (C=O) groups is 2. The van der Waals surface area contributed by atoms with Crippen molar-refractivity contribution in [3.8, 4) is 0 Å². The van der Waals surface area contributed by atoms with Crippen molar-refractivity contribution in [1.29, 1.82) is 0 Å². The summed E-state index contributed by atoms with van der Waals surface area (Å²) >= 11 is 0. The second kappa shape index (κ2) is 14.4. The number of benzene rings is 4. The molecule has 10 nitrogen and oxygen atoms in total. The number of aromatic nitrogens is 2. The maximum atomic E-state index is 12.8. The van der Waals surface area contributed by atoms with Crippen molar-refractivity contribution in [1.82, 2.24) is 9.55 Å². The zero-order valence-corrected chi connectivity index (χ0v) is 25.3. The zero-order valence-electron chi connectivity index (χ0n) is 25.3. The molecule has 46 heavy (non-hydrogen) atoms. The number of carbonyl (C=O) groups excluding carboxylic acids is 2. The van der Waals surface area contributed by atoms with Crippen LogP contribution in [0.15, 0.2) is 103 Å². The molecule has 2 heterocycles. The van der Waals surface area contributed by atoms with Gasteiger partial charge in [-0.05, 0) is 53.9 Å². The van der Waals surface area contributed by atoms with Crippen LogP contribution in [0.25, 0.3) is 11.0 Å². The van der Waals surface area contributed by atoms with E-state index < -0.39 is 6.29 Å². The van der Waals surface area contributed by atoms with Gasteiger partial charge in [0, 0.05) is 30.5 Å². The zero-order chi connectivity index (χ0) is 31.9. The van der Waals surface area contributed by atoms with Crippen LogP contribution in [0, 0.1) is 0 Å². The number of fused-ring (bicyclic) bond motifs is 1. The highest BCUT2D eigenvalue weighted by Crippen LogP contribution is 2.39. The molecular weight excluding hydrogens is 582 g/mol. The molecule has 10 heteroatoms. The number of nitrogens with one attached hydrogen (secondary N) is 2. The molecule has 1 saturated heterocycles. The summed E-state index contributed by atoms with van der Waals surface area (Å²) < 4.78 is 15.1. The van der Waals surface area contributed by atoms with Crippen molar-refractivity contribution in [2.75, 3.05) is 16.4 Å². The van der Waals surface area contributed by atoms with Gasteiger partial charge >= 0.3 is 0 Å². The molecule has 1 aliphatic heterocycles. The van der Waals surface area contributed by atoms with Crippen LogP contribution < -0.4 is 16.4 Å². The molecule has 0 unspecified atom stereocenters. The van der Waals surface area contributed by atoms with E-state index in [0.717, 1.165) is 27.7 Å². The molecule has 0 saturated carbocycles. The fourth-order valence-corrected chi connectivity index (χ4v) is 5.63. The van der Waals surface area contributed by atoms with Gasteiger partial charge in [-0.15, -0.1) is 0 Å². The third kappa shape index (κ3) is 7.60. The molecule has 236 valence electrons. The number of nitrogens with two attached hydrogens (primary N) is 1. The van der Waals surface area contributed by atoms with Crippen molar-refractivity contribution in [3.63, 3.8) is 0 Å². The smallest absolute Gasteiger partial charge is 0.224 e. The first kappa shape index (κ1) is 31.0. The van der Waals surface area contributed by atoms with Crippen LogP contribution in [0.1, 0.15) is 54.8 Å². The van der Waals surface area contributed by atoms with E-state index in [-0.39, 0.29) is 43.5 Å². The normalized spacial score (nSPS) is 17.9. The Morgan fingerprint density at radius 3 is 2.43 bits per heavy atom. The molecule has 2 amide bonds. The van der Waals surface area contributed by atoms with Crippen LogP contribution in [-0.2, 0) is 32.2 Å². The first-order chi connectivity index (χ1) is 22.4. The van der Waals surface area contributed by atoms with Gasteiger partial charge in [0.2, 0.25) is 11.8 Å². The summed E-state index contributed by atoms with van der Waals surface area (Å²) in [6.45, 7) is 0.564. The fourth-order valence-electron chi connectivity index (χ4n) is 5.63. The van der Waals surface area contributed by atoms with Crippen molar-refractivity contribution in [2.45, 2.75) is 57.3 Å². The van der Waals surface area contributed by atoms with Gasteiger partial charge in [-0.2, -0.15) is 0 Å². The summed E-state index contributed by atoms with van der Waals surface area (Å²) in [5, 5.41) is 15.2. The number of aliphatic hydroxyl groups excluding tert-OH is 1. The second-order valence-electron chi connectivity index (χ2n) is 11.4. The van der Waals surface area contributed by atoms with E-state index in [4.69, 9.17) is 15.2 Å². The molecule has 5 aromatic rings. The molecule has 1 fully saturated rings. The summed E-state index contributed by atoms with van der Waals surface area (Å²) in [5.74, 6) is -0.389. The van der Waals surface area contributed by atoms with E-state index in [1.54, 1.807) is 24.3 Å². The van der Waals surface area contributed by atoms with Crippen LogP contribution in [0.3, 0.4) is 0 Å². The average molecular weight is 620 g/mol. The van der Waals surface area contributed by atoms with E-state index >= 15 is 0 Å². The van der Waals surface area contributed by atoms with Crippen molar-refractivity contribution < 1.29 is 24.2 Å². The van der Waals surface area contributed by atoms with E-state index in [9.17, 15) is 14.7 Å². The topological polar surface area (TPSA) is 141 Å². The van der Waals surface area contributed by atoms with Gasteiger partial charge in [-0.25, -0.2) is 4.98 Å². The molecule has 1 aliphatic rings. The number of ether oxygens (including phenoxy) is 2. The lowest BCUT2D eigenvalue weighted by Crippen LogP contribution is -2.32. The van der Waals surface area contributed by atoms with E-state index in [1.165, 1.54) is 0 Å². The van der Waals surface area contributed by atoms with Crippen molar-refractivity contribution in [3.05, 3.63) is 120 Å². The van der Waals surface area contributed by atoms with Crippen molar-refractivity contribution >= 4 is 39.9 Å². The molecule has 1 aromatic heterocycles. The Bertz CT molecular complexity index is 1800. The Morgan fingerprint density at radius 1 is 0.870 bits per heavy atom. The predicted molar refractivity (Wildman–Crippen MR) is 177 cm³/mol. The third-order valence-corrected chi connectivity index (χ3v) is 8.03. The van der Waals surface area contributed by atoms with Gasteiger partial charge in [0.05, 0.1) is 54.1 Å². The van der Waals surface area contributed by atoms with Crippen LogP contribution >= 0.6 is 0 Å². The number of nitrogen functional groups attached to an aromatic ring is 1. The minimum Gasteiger partial charge on any atom is -0.397 e. The summed E-state index contributed by atoms with van der Waals surface area (Å²) in [4.78, 5) is 29.6. The Hall–Kier alpha value is -5.03. The SMILES string of the molecule is Nc1ccccc1NC(=O)CCCC(=O)Nc1cccc([C@@H]2O[C@H](Cn3cnc4ccccc43)C[C@H](c3ccc(CO)cc3)O2)c1. The van der Waals surface area contributed by atoms with Gasteiger partial charge in [0.1, 0.15) is 0 Å². The summed E-state index contributed by atoms with van der Waals surface area (Å²) in [6, 6.07) is 30.3. The predicted octanol–water partition coefficient (Wildman–Crippen LogP) is 6.10. The molecular formula is C36H37N5O5. The summed E-state index contributed by atoms with van der Waals surface area (Å²) in [6.07, 6.45) is 2.12. The molecule has 5 N–H and O–H groups in total. The molecule has 6 rings (SSSR count). The van der Waals surface area contributed by atoms with Gasteiger partial charge < -0.3 is 35.5 Å². The van der Waals surface area contributed by atoms with Gasteiger partial charge in [-0.1, -0.05) is 60.7 Å². The number of amides is 2. The fraction of sp³-hybridized carbons (Fsp3) is 0.250. The van der Waals surface area contributed by atoms with E-state index in [1.807, 2.05) is 79.1 Å². The molecule has 3 atom stereocenters. The number of para-hydroxylation sites is 4.